The first-order valence-corrected chi connectivity index (χ1v) is 9.79. The molecule has 1 aliphatic rings. The third-order valence-corrected chi connectivity index (χ3v) is 5.46. The smallest absolute Gasteiger partial charge is 0.255 e. The minimum atomic E-state index is -0.0217. The summed E-state index contributed by atoms with van der Waals surface area (Å²) in [4.78, 5) is 28.2. The quantitative estimate of drug-likeness (QED) is 0.592. The second kappa shape index (κ2) is 9.33. The number of piperidine rings is 1. The van der Waals surface area contributed by atoms with E-state index in [4.69, 9.17) is 16.6 Å². The van der Waals surface area contributed by atoms with E-state index in [1.54, 1.807) is 24.5 Å². The van der Waals surface area contributed by atoms with Gasteiger partial charge in [0, 0.05) is 43.2 Å². The highest BCUT2D eigenvalue weighted by atomic mass is 35.5. The molecule has 1 fully saturated rings. The molecule has 3 aromatic rings. The molecule has 3 heterocycles. The van der Waals surface area contributed by atoms with Crippen LogP contribution in [0.25, 0.3) is 11.1 Å². The average molecular weight is 429 g/mol. The fraction of sp³-hybridized carbons (Fsp3) is 0.273. The summed E-state index contributed by atoms with van der Waals surface area (Å²) in [6.07, 6.45) is 7.34. The van der Waals surface area contributed by atoms with E-state index < -0.39 is 0 Å². The van der Waals surface area contributed by atoms with E-state index in [2.05, 4.69) is 9.97 Å². The molecule has 1 atom stereocenters. The number of amides is 1. The van der Waals surface area contributed by atoms with Crippen molar-refractivity contribution in [2.45, 2.75) is 25.7 Å². The Bertz CT molecular complexity index is 997. The van der Waals surface area contributed by atoms with E-state index in [1.807, 2.05) is 42.3 Å². The number of likely N-dealkylation sites (tertiary alicyclic amines) is 1. The number of benzene rings is 1. The molecule has 7 heteroatoms. The number of hydrogen-bond acceptors (Lipinski definition) is 4. The average Bonchev–Trinajstić information content (AvgIpc) is 2.74. The molecule has 150 valence electrons. The number of carbonyl (C=O) groups is 1. The van der Waals surface area contributed by atoms with Crippen LogP contribution in [-0.2, 0) is 0 Å². The molecule has 0 N–H and O–H groups in total. The predicted octanol–water partition coefficient (Wildman–Crippen LogP) is 4.94. The minimum Gasteiger partial charge on any atom is -0.338 e. The maximum Gasteiger partial charge on any atom is 0.255 e. The van der Waals surface area contributed by atoms with Crippen molar-refractivity contribution in [3.05, 3.63) is 77.1 Å². The first-order chi connectivity index (χ1) is 13.6. The van der Waals surface area contributed by atoms with Gasteiger partial charge in [-0.3, -0.25) is 9.78 Å². The fourth-order valence-corrected chi connectivity index (χ4v) is 3.96. The molecule has 5 nitrogen and oxygen atoms in total. The molecule has 1 aliphatic heterocycles. The Morgan fingerprint density at radius 1 is 1.17 bits per heavy atom. The highest BCUT2D eigenvalue weighted by molar-refractivity contribution is 6.33. The largest absolute Gasteiger partial charge is 0.338 e. The van der Waals surface area contributed by atoms with E-state index in [0.717, 1.165) is 42.0 Å². The normalized spacial score (nSPS) is 16.2. The lowest BCUT2D eigenvalue weighted by Crippen LogP contribution is -2.39. The van der Waals surface area contributed by atoms with Gasteiger partial charge in [0.25, 0.3) is 5.91 Å². The van der Waals surface area contributed by atoms with Gasteiger partial charge < -0.3 is 4.90 Å². The van der Waals surface area contributed by atoms with Crippen LogP contribution in [-0.4, -0.2) is 38.8 Å². The number of halogens is 2. The fourth-order valence-electron chi connectivity index (χ4n) is 3.74. The molecule has 1 saturated heterocycles. The molecule has 0 saturated carbocycles. The SMILES string of the molecule is Cc1ncc(-c2ccncc2)c(C2CCCN(C(=O)c3ccccc3Cl)C2)n1.Cl. The van der Waals surface area contributed by atoms with Crippen molar-refractivity contribution in [3.8, 4) is 11.1 Å². The molecular weight excluding hydrogens is 407 g/mol. The lowest BCUT2D eigenvalue weighted by molar-refractivity contribution is 0.0706. The Hall–Kier alpha value is -2.50. The van der Waals surface area contributed by atoms with Gasteiger partial charge in [-0.05, 0) is 49.6 Å². The second-order valence-corrected chi connectivity index (χ2v) is 7.43. The molecule has 2 aromatic heterocycles. The Morgan fingerprint density at radius 2 is 1.93 bits per heavy atom. The van der Waals surface area contributed by atoms with Gasteiger partial charge >= 0.3 is 0 Å². The summed E-state index contributed by atoms with van der Waals surface area (Å²) >= 11 is 6.24. The monoisotopic (exact) mass is 428 g/mol. The van der Waals surface area contributed by atoms with Gasteiger partial charge in [-0.15, -0.1) is 12.4 Å². The zero-order valence-electron chi connectivity index (χ0n) is 16.1. The van der Waals surface area contributed by atoms with E-state index in [1.165, 1.54) is 0 Å². The number of aromatic nitrogens is 3. The number of carbonyl (C=O) groups excluding carboxylic acids is 1. The molecule has 1 unspecified atom stereocenters. The summed E-state index contributed by atoms with van der Waals surface area (Å²) in [6, 6.07) is 11.1. The van der Waals surface area contributed by atoms with Crippen molar-refractivity contribution >= 4 is 29.9 Å². The minimum absolute atomic E-state index is 0. The van der Waals surface area contributed by atoms with E-state index in [0.29, 0.717) is 17.1 Å². The van der Waals surface area contributed by atoms with Crippen molar-refractivity contribution in [1.29, 1.82) is 0 Å². The Morgan fingerprint density at radius 3 is 2.69 bits per heavy atom. The summed E-state index contributed by atoms with van der Waals surface area (Å²) in [5.74, 6) is 0.874. The van der Waals surface area contributed by atoms with Crippen molar-refractivity contribution < 1.29 is 4.79 Å². The van der Waals surface area contributed by atoms with Crippen LogP contribution >= 0.6 is 24.0 Å². The number of pyridine rings is 1. The van der Waals surface area contributed by atoms with Crippen molar-refractivity contribution in [2.75, 3.05) is 13.1 Å². The maximum atomic E-state index is 13.0. The van der Waals surface area contributed by atoms with E-state index >= 15 is 0 Å². The summed E-state index contributed by atoms with van der Waals surface area (Å²) in [6.45, 7) is 3.25. The molecule has 1 amide bonds. The number of rotatable bonds is 3. The van der Waals surface area contributed by atoms with Crippen LogP contribution in [0.3, 0.4) is 0 Å². The van der Waals surface area contributed by atoms with Gasteiger partial charge in [-0.2, -0.15) is 0 Å². The summed E-state index contributed by atoms with van der Waals surface area (Å²) in [5, 5.41) is 0.491. The molecular formula is C22H22Cl2N4O. The van der Waals surface area contributed by atoms with Gasteiger partial charge in [-0.1, -0.05) is 23.7 Å². The van der Waals surface area contributed by atoms with Crippen molar-refractivity contribution in [1.82, 2.24) is 19.9 Å². The van der Waals surface area contributed by atoms with Crippen LogP contribution in [0.2, 0.25) is 5.02 Å². The molecule has 4 rings (SSSR count). The summed E-state index contributed by atoms with van der Waals surface area (Å²) in [7, 11) is 0. The van der Waals surface area contributed by atoms with Crippen LogP contribution in [0.4, 0.5) is 0 Å². The number of hydrogen-bond donors (Lipinski definition) is 0. The summed E-state index contributed by atoms with van der Waals surface area (Å²) < 4.78 is 0. The zero-order chi connectivity index (χ0) is 19.5. The molecule has 0 bridgehead atoms. The van der Waals surface area contributed by atoms with Gasteiger partial charge in [-0.25, -0.2) is 9.97 Å². The predicted molar refractivity (Wildman–Crippen MR) is 117 cm³/mol. The van der Waals surface area contributed by atoms with Crippen molar-refractivity contribution in [3.63, 3.8) is 0 Å². The lowest BCUT2D eigenvalue weighted by Gasteiger charge is -2.33. The van der Waals surface area contributed by atoms with Crippen LogP contribution in [0.5, 0.6) is 0 Å². The summed E-state index contributed by atoms with van der Waals surface area (Å²) in [5.41, 5.74) is 3.60. The van der Waals surface area contributed by atoms with E-state index in [9.17, 15) is 4.79 Å². The molecule has 0 aliphatic carbocycles. The standard InChI is InChI=1S/C22H21ClN4O.ClH/c1-15-25-13-19(16-8-10-24-11-9-16)21(26-15)17-5-4-12-27(14-17)22(28)18-6-2-3-7-20(18)23;/h2-3,6-11,13,17H,4-5,12,14H2,1H3;1H. The molecule has 0 spiro atoms. The Labute approximate surface area is 181 Å². The first kappa shape index (κ1) is 21.2. The van der Waals surface area contributed by atoms with Gasteiger partial charge in [0.2, 0.25) is 0 Å². The van der Waals surface area contributed by atoms with E-state index in [-0.39, 0.29) is 24.2 Å². The lowest BCUT2D eigenvalue weighted by atomic mass is 9.89. The topological polar surface area (TPSA) is 59.0 Å². The first-order valence-electron chi connectivity index (χ1n) is 9.41. The van der Waals surface area contributed by atoms with Crippen LogP contribution < -0.4 is 0 Å². The number of nitrogens with zero attached hydrogens (tertiary/aromatic N) is 4. The van der Waals surface area contributed by atoms with Gasteiger partial charge in [0.05, 0.1) is 16.3 Å². The van der Waals surface area contributed by atoms with Crippen LogP contribution in [0, 0.1) is 6.92 Å². The highest BCUT2D eigenvalue weighted by Gasteiger charge is 2.29. The second-order valence-electron chi connectivity index (χ2n) is 7.02. The van der Waals surface area contributed by atoms with Crippen LogP contribution in [0.15, 0.2) is 55.0 Å². The van der Waals surface area contributed by atoms with Crippen LogP contribution in [0.1, 0.15) is 40.6 Å². The molecule has 29 heavy (non-hydrogen) atoms. The maximum absolute atomic E-state index is 13.0. The third kappa shape index (κ3) is 4.57. The van der Waals surface area contributed by atoms with Gasteiger partial charge in [0.15, 0.2) is 0 Å². The zero-order valence-corrected chi connectivity index (χ0v) is 17.7. The Kier molecular flexibility index (Phi) is 6.83. The molecule has 1 aromatic carbocycles. The number of aryl methyl sites for hydroxylation is 1. The highest BCUT2D eigenvalue weighted by Crippen LogP contribution is 2.33. The molecule has 0 radical (unpaired) electrons. The van der Waals surface area contributed by atoms with Gasteiger partial charge in [0.1, 0.15) is 5.82 Å². The Balaban J connectivity index is 0.00000240. The third-order valence-electron chi connectivity index (χ3n) is 5.13. The van der Waals surface area contributed by atoms with Crippen molar-refractivity contribution in [2.24, 2.45) is 0 Å².